The molecule has 0 heterocycles. The monoisotopic (exact) mass is 336 g/mol. The molecule has 3 amide bonds. The molecule has 0 spiro atoms. The van der Waals surface area contributed by atoms with Crippen LogP contribution in [-0.2, 0) is 4.79 Å². The number of nitriles is 1. The summed E-state index contributed by atoms with van der Waals surface area (Å²) in [5.74, 6) is -0.766. The summed E-state index contributed by atoms with van der Waals surface area (Å²) in [5.41, 5.74) is 5.23. The Morgan fingerprint density at radius 2 is 1.46 bits per heavy atom. The highest BCUT2D eigenvalue weighted by atomic mass is 16.2. The SMILES string of the molecule is CCCCCCCCCCCCN/C(C)=C(/C#N)C(=O)NC(N)=O. The molecule has 4 N–H and O–H groups in total. The minimum Gasteiger partial charge on any atom is -0.387 e. The summed E-state index contributed by atoms with van der Waals surface area (Å²) in [4.78, 5) is 22.2. The number of carbonyl (C=O) groups is 2. The first-order valence-electron chi connectivity index (χ1n) is 8.98. The standard InChI is InChI=1S/C18H32N4O2/c1-3-4-5-6-7-8-9-10-11-12-13-21-15(2)16(14-19)17(23)22-18(20)24/h21H,3-13H2,1-2H3,(H3,20,22,23,24)/b16-15-. The largest absolute Gasteiger partial charge is 0.387 e. The van der Waals surface area contributed by atoms with Gasteiger partial charge in [-0.2, -0.15) is 5.26 Å². The van der Waals surface area contributed by atoms with Crippen LogP contribution < -0.4 is 16.4 Å². The summed E-state index contributed by atoms with van der Waals surface area (Å²) in [5, 5.41) is 14.0. The van der Waals surface area contributed by atoms with Crippen molar-refractivity contribution in [3.63, 3.8) is 0 Å². The van der Waals surface area contributed by atoms with E-state index in [-0.39, 0.29) is 5.57 Å². The van der Waals surface area contributed by atoms with E-state index in [9.17, 15) is 9.59 Å². The highest BCUT2D eigenvalue weighted by molar-refractivity contribution is 6.06. The number of primary amides is 1. The normalized spacial score (nSPS) is 11.4. The quantitative estimate of drug-likeness (QED) is 0.272. The lowest BCUT2D eigenvalue weighted by atomic mass is 10.1. The Morgan fingerprint density at radius 1 is 0.958 bits per heavy atom. The fraction of sp³-hybridized carbons (Fsp3) is 0.722. The molecule has 0 aliphatic carbocycles. The number of nitrogens with one attached hydrogen (secondary N) is 2. The van der Waals surface area contributed by atoms with Crippen LogP contribution in [0.1, 0.15) is 78.1 Å². The molecule has 0 bridgehead atoms. The first-order valence-corrected chi connectivity index (χ1v) is 8.98. The Balaban J connectivity index is 3.78. The molecule has 0 aliphatic rings. The van der Waals surface area contributed by atoms with Gasteiger partial charge in [0.1, 0.15) is 11.6 Å². The van der Waals surface area contributed by atoms with Crippen LogP contribution >= 0.6 is 0 Å². The molecule has 0 aromatic heterocycles. The van der Waals surface area contributed by atoms with Crippen LogP contribution in [0.5, 0.6) is 0 Å². The summed E-state index contributed by atoms with van der Waals surface area (Å²) >= 11 is 0. The third-order valence-corrected chi connectivity index (χ3v) is 3.87. The van der Waals surface area contributed by atoms with Gasteiger partial charge in [-0.1, -0.05) is 64.7 Å². The van der Waals surface area contributed by atoms with Crippen molar-refractivity contribution in [2.45, 2.75) is 78.1 Å². The molecule has 0 atom stereocenters. The molecule has 24 heavy (non-hydrogen) atoms. The van der Waals surface area contributed by atoms with Gasteiger partial charge in [-0.05, 0) is 13.3 Å². The summed E-state index contributed by atoms with van der Waals surface area (Å²) in [6.45, 7) is 4.58. The number of amides is 3. The van der Waals surface area contributed by atoms with Gasteiger partial charge in [0, 0.05) is 12.2 Å². The molecule has 136 valence electrons. The predicted molar refractivity (Wildman–Crippen MR) is 95.9 cm³/mol. The second-order valence-electron chi connectivity index (χ2n) is 6.04. The topological polar surface area (TPSA) is 108 Å². The minimum absolute atomic E-state index is 0.110. The van der Waals surface area contributed by atoms with E-state index >= 15 is 0 Å². The maximum absolute atomic E-state index is 11.6. The third-order valence-electron chi connectivity index (χ3n) is 3.87. The molecule has 0 unspecified atom stereocenters. The lowest BCUT2D eigenvalue weighted by Gasteiger charge is -2.09. The smallest absolute Gasteiger partial charge is 0.319 e. The van der Waals surface area contributed by atoms with Crippen molar-refractivity contribution in [2.24, 2.45) is 5.73 Å². The molecule has 6 heteroatoms. The molecule has 0 aromatic rings. The molecule has 0 aliphatic heterocycles. The first kappa shape index (κ1) is 22.0. The summed E-state index contributed by atoms with van der Waals surface area (Å²) in [6.07, 6.45) is 12.6. The Bertz CT molecular complexity index is 452. The Morgan fingerprint density at radius 3 is 1.92 bits per heavy atom. The Hall–Kier alpha value is -2.03. The number of hydrogen-bond donors (Lipinski definition) is 3. The van der Waals surface area contributed by atoms with Gasteiger partial charge in [-0.3, -0.25) is 10.1 Å². The van der Waals surface area contributed by atoms with E-state index in [1.54, 1.807) is 13.0 Å². The van der Waals surface area contributed by atoms with Crippen LogP contribution in [0.2, 0.25) is 0 Å². The van der Waals surface area contributed by atoms with Gasteiger partial charge in [-0.15, -0.1) is 0 Å². The van der Waals surface area contributed by atoms with E-state index in [4.69, 9.17) is 11.0 Å². The zero-order valence-electron chi connectivity index (χ0n) is 15.1. The highest BCUT2D eigenvalue weighted by Gasteiger charge is 2.13. The number of carbonyl (C=O) groups excluding carboxylic acids is 2. The average Bonchev–Trinajstić information content (AvgIpc) is 2.52. The van der Waals surface area contributed by atoms with Gasteiger partial charge in [0.15, 0.2) is 0 Å². The van der Waals surface area contributed by atoms with E-state index in [0.29, 0.717) is 12.2 Å². The minimum atomic E-state index is -0.963. The van der Waals surface area contributed by atoms with Crippen LogP contribution in [-0.4, -0.2) is 18.5 Å². The number of rotatable bonds is 13. The van der Waals surface area contributed by atoms with Crippen LogP contribution in [0.15, 0.2) is 11.3 Å². The Labute approximate surface area is 145 Å². The number of imide groups is 1. The van der Waals surface area contributed by atoms with Crippen LogP contribution in [0.25, 0.3) is 0 Å². The average molecular weight is 336 g/mol. The first-order chi connectivity index (χ1) is 11.5. The fourth-order valence-electron chi connectivity index (χ4n) is 2.46. The fourth-order valence-corrected chi connectivity index (χ4v) is 2.46. The molecular formula is C18H32N4O2. The molecule has 0 rings (SSSR count). The van der Waals surface area contributed by atoms with Crippen molar-refractivity contribution >= 4 is 11.9 Å². The van der Waals surface area contributed by atoms with Crippen LogP contribution in [0.4, 0.5) is 4.79 Å². The second-order valence-corrected chi connectivity index (χ2v) is 6.04. The number of unbranched alkanes of at least 4 members (excludes halogenated alkanes) is 9. The van der Waals surface area contributed by atoms with E-state index < -0.39 is 11.9 Å². The van der Waals surface area contributed by atoms with Crippen molar-refractivity contribution in [1.82, 2.24) is 10.6 Å². The number of nitrogens with zero attached hydrogens (tertiary/aromatic N) is 1. The number of nitrogens with two attached hydrogens (primary N) is 1. The molecule has 0 saturated heterocycles. The third kappa shape index (κ3) is 11.5. The van der Waals surface area contributed by atoms with Gasteiger partial charge < -0.3 is 11.1 Å². The van der Waals surface area contributed by atoms with Gasteiger partial charge in [0.2, 0.25) is 0 Å². The lowest BCUT2D eigenvalue weighted by molar-refractivity contribution is -0.116. The summed E-state index contributed by atoms with van der Waals surface area (Å²) < 4.78 is 0. The van der Waals surface area contributed by atoms with Crippen LogP contribution in [0, 0.1) is 11.3 Å². The van der Waals surface area contributed by atoms with Gasteiger partial charge >= 0.3 is 6.03 Å². The molecule has 0 saturated carbocycles. The number of urea groups is 1. The molecule has 6 nitrogen and oxygen atoms in total. The van der Waals surface area contributed by atoms with E-state index in [2.05, 4.69) is 12.2 Å². The highest BCUT2D eigenvalue weighted by Crippen LogP contribution is 2.10. The van der Waals surface area contributed by atoms with Crippen molar-refractivity contribution in [3.8, 4) is 6.07 Å². The number of hydrogen-bond acceptors (Lipinski definition) is 4. The van der Waals surface area contributed by atoms with Crippen molar-refractivity contribution in [2.75, 3.05) is 6.54 Å². The molecule has 0 radical (unpaired) electrons. The maximum Gasteiger partial charge on any atom is 0.319 e. The van der Waals surface area contributed by atoms with Crippen molar-refractivity contribution in [1.29, 1.82) is 5.26 Å². The Kier molecular flexibility index (Phi) is 13.3. The zero-order chi connectivity index (χ0) is 18.2. The van der Waals surface area contributed by atoms with Gasteiger partial charge in [0.25, 0.3) is 5.91 Å². The lowest BCUT2D eigenvalue weighted by Crippen LogP contribution is -2.36. The predicted octanol–water partition coefficient (Wildman–Crippen LogP) is 3.49. The van der Waals surface area contributed by atoms with Crippen LogP contribution in [0.3, 0.4) is 0 Å². The summed E-state index contributed by atoms with van der Waals surface area (Å²) in [7, 11) is 0. The van der Waals surface area contributed by atoms with Gasteiger partial charge in [0.05, 0.1) is 0 Å². The van der Waals surface area contributed by atoms with Gasteiger partial charge in [-0.25, -0.2) is 4.79 Å². The van der Waals surface area contributed by atoms with Crippen molar-refractivity contribution < 1.29 is 9.59 Å². The second kappa shape index (κ2) is 14.6. The van der Waals surface area contributed by atoms with Crippen molar-refractivity contribution in [3.05, 3.63) is 11.3 Å². The number of allylic oxidation sites excluding steroid dienone is 1. The molecule has 0 aromatic carbocycles. The zero-order valence-corrected chi connectivity index (χ0v) is 15.1. The molecular weight excluding hydrogens is 304 g/mol. The summed E-state index contributed by atoms with van der Waals surface area (Å²) in [6, 6.07) is 0.831. The maximum atomic E-state index is 11.6. The molecule has 0 fully saturated rings. The van der Waals surface area contributed by atoms with E-state index in [0.717, 1.165) is 12.8 Å². The van der Waals surface area contributed by atoms with E-state index in [1.807, 2.05) is 5.32 Å². The van der Waals surface area contributed by atoms with E-state index in [1.165, 1.54) is 51.4 Å².